The molecule has 1 rings (SSSR count). The number of rotatable bonds is 1. The van der Waals surface area contributed by atoms with Crippen molar-refractivity contribution in [2.45, 2.75) is 65.1 Å². The fraction of sp³-hybridized carbons (Fsp3) is 0.846. The third kappa shape index (κ3) is 3.37. The fourth-order valence-electron chi connectivity index (χ4n) is 2.21. The van der Waals surface area contributed by atoms with Crippen LogP contribution >= 0.6 is 0 Å². The number of piperidine rings is 1. The van der Waals surface area contributed by atoms with Crippen molar-refractivity contribution in [2.24, 2.45) is 5.92 Å². The van der Waals surface area contributed by atoms with Crippen molar-refractivity contribution >= 4 is 12.1 Å². The zero-order valence-corrected chi connectivity index (χ0v) is 11.8. The normalized spacial score (nSPS) is 28.9. The average Bonchev–Trinajstić information content (AvgIpc) is 2.18. The topological polar surface area (TPSA) is 66.8 Å². The van der Waals surface area contributed by atoms with Gasteiger partial charge in [-0.1, -0.05) is 6.92 Å². The van der Waals surface area contributed by atoms with Crippen molar-refractivity contribution in [2.75, 3.05) is 0 Å². The SMILES string of the molecule is CC1CCC(C(=O)O)N(C(=O)OC(C)(C)C)C1C. The van der Waals surface area contributed by atoms with E-state index in [0.717, 1.165) is 6.42 Å². The number of hydrogen-bond donors (Lipinski definition) is 1. The third-order valence-corrected chi connectivity index (χ3v) is 3.38. The maximum Gasteiger partial charge on any atom is 0.411 e. The van der Waals surface area contributed by atoms with Crippen LogP contribution in [0.1, 0.15) is 47.5 Å². The molecule has 0 aromatic carbocycles. The van der Waals surface area contributed by atoms with Crippen LogP contribution in [0.15, 0.2) is 0 Å². The molecule has 0 bridgehead atoms. The van der Waals surface area contributed by atoms with E-state index in [9.17, 15) is 14.7 Å². The largest absolute Gasteiger partial charge is 0.480 e. The number of likely N-dealkylation sites (tertiary alicyclic amines) is 1. The number of carbonyl (C=O) groups excluding carboxylic acids is 1. The predicted molar refractivity (Wildman–Crippen MR) is 67.4 cm³/mol. The Morgan fingerprint density at radius 3 is 2.22 bits per heavy atom. The number of carboxylic acid groups (broad SMARTS) is 1. The molecule has 0 aromatic heterocycles. The molecular formula is C13H23NO4. The van der Waals surface area contributed by atoms with Gasteiger partial charge in [-0.2, -0.15) is 0 Å². The molecule has 18 heavy (non-hydrogen) atoms. The third-order valence-electron chi connectivity index (χ3n) is 3.38. The van der Waals surface area contributed by atoms with Gasteiger partial charge < -0.3 is 9.84 Å². The van der Waals surface area contributed by atoms with Crippen LogP contribution in [0.2, 0.25) is 0 Å². The second-order valence-electron chi connectivity index (χ2n) is 6.04. The van der Waals surface area contributed by atoms with Crippen LogP contribution in [-0.4, -0.2) is 39.8 Å². The van der Waals surface area contributed by atoms with E-state index in [1.165, 1.54) is 4.90 Å². The Morgan fingerprint density at radius 2 is 1.78 bits per heavy atom. The van der Waals surface area contributed by atoms with Gasteiger partial charge in [0.05, 0.1) is 0 Å². The molecular weight excluding hydrogens is 234 g/mol. The highest BCUT2D eigenvalue weighted by atomic mass is 16.6. The lowest BCUT2D eigenvalue weighted by Crippen LogP contribution is -2.56. The summed E-state index contributed by atoms with van der Waals surface area (Å²) in [4.78, 5) is 24.7. The molecule has 1 fully saturated rings. The molecule has 0 aromatic rings. The lowest BCUT2D eigenvalue weighted by atomic mass is 9.88. The van der Waals surface area contributed by atoms with E-state index in [0.29, 0.717) is 6.42 Å². The minimum atomic E-state index is -0.959. The number of carboxylic acids is 1. The molecule has 5 nitrogen and oxygen atoms in total. The molecule has 0 aliphatic carbocycles. The highest BCUT2D eigenvalue weighted by Gasteiger charge is 2.41. The molecule has 1 heterocycles. The Kier molecular flexibility index (Phi) is 4.24. The number of nitrogens with zero attached hydrogens (tertiary/aromatic N) is 1. The minimum absolute atomic E-state index is 0.116. The van der Waals surface area contributed by atoms with Gasteiger partial charge in [-0.25, -0.2) is 9.59 Å². The Hall–Kier alpha value is -1.26. The summed E-state index contributed by atoms with van der Waals surface area (Å²) in [5.74, 6) is -0.673. The van der Waals surface area contributed by atoms with E-state index in [4.69, 9.17) is 4.74 Å². The molecule has 0 spiro atoms. The average molecular weight is 257 g/mol. The number of carbonyl (C=O) groups is 2. The molecule has 104 valence electrons. The van der Waals surface area contributed by atoms with E-state index in [1.54, 1.807) is 20.8 Å². The smallest absolute Gasteiger partial charge is 0.411 e. The van der Waals surface area contributed by atoms with Gasteiger partial charge >= 0.3 is 12.1 Å². The monoisotopic (exact) mass is 257 g/mol. The van der Waals surface area contributed by atoms with Crippen LogP contribution in [0.3, 0.4) is 0 Å². The van der Waals surface area contributed by atoms with Crippen molar-refractivity contribution in [1.82, 2.24) is 4.90 Å². The van der Waals surface area contributed by atoms with Crippen molar-refractivity contribution in [1.29, 1.82) is 0 Å². The van der Waals surface area contributed by atoms with Gasteiger partial charge in [-0.15, -0.1) is 0 Å². The van der Waals surface area contributed by atoms with E-state index in [-0.39, 0.29) is 12.0 Å². The summed E-state index contributed by atoms with van der Waals surface area (Å²) < 4.78 is 5.30. The molecule has 1 aliphatic heterocycles. The summed E-state index contributed by atoms with van der Waals surface area (Å²) in [5, 5.41) is 9.21. The molecule has 0 radical (unpaired) electrons. The first-order chi connectivity index (χ1) is 8.13. The molecule has 0 saturated carbocycles. The molecule has 5 heteroatoms. The molecule has 1 saturated heterocycles. The van der Waals surface area contributed by atoms with Crippen LogP contribution < -0.4 is 0 Å². The van der Waals surface area contributed by atoms with Crippen LogP contribution in [-0.2, 0) is 9.53 Å². The number of ether oxygens (including phenoxy) is 1. The maximum atomic E-state index is 12.1. The first kappa shape index (κ1) is 14.8. The van der Waals surface area contributed by atoms with Gasteiger partial charge in [0.15, 0.2) is 0 Å². The Labute approximate surface area is 108 Å². The fourth-order valence-corrected chi connectivity index (χ4v) is 2.21. The van der Waals surface area contributed by atoms with E-state index in [1.807, 2.05) is 13.8 Å². The minimum Gasteiger partial charge on any atom is -0.480 e. The second-order valence-corrected chi connectivity index (χ2v) is 6.04. The zero-order chi connectivity index (χ0) is 14.1. The molecule has 3 atom stereocenters. The Bertz CT molecular complexity index is 334. The van der Waals surface area contributed by atoms with Crippen molar-refractivity contribution in [3.63, 3.8) is 0 Å². The van der Waals surface area contributed by atoms with Crippen LogP contribution in [0.25, 0.3) is 0 Å². The highest BCUT2D eigenvalue weighted by molar-refractivity contribution is 5.80. The van der Waals surface area contributed by atoms with Gasteiger partial charge in [0, 0.05) is 6.04 Å². The highest BCUT2D eigenvalue weighted by Crippen LogP contribution is 2.29. The number of hydrogen-bond acceptors (Lipinski definition) is 3. The Balaban J connectivity index is 2.90. The number of aliphatic carboxylic acids is 1. The standard InChI is InChI=1S/C13H23NO4/c1-8-6-7-10(11(15)16)14(9(8)2)12(17)18-13(3,4)5/h8-10H,6-7H2,1-5H3,(H,15,16). The van der Waals surface area contributed by atoms with Crippen LogP contribution in [0.4, 0.5) is 4.79 Å². The van der Waals surface area contributed by atoms with Gasteiger partial charge in [-0.3, -0.25) is 4.90 Å². The van der Waals surface area contributed by atoms with Crippen molar-refractivity contribution in [3.8, 4) is 0 Å². The van der Waals surface area contributed by atoms with Gasteiger partial charge in [0.1, 0.15) is 11.6 Å². The zero-order valence-electron chi connectivity index (χ0n) is 11.8. The molecule has 1 amide bonds. The lowest BCUT2D eigenvalue weighted by Gasteiger charge is -2.42. The molecule has 1 N–H and O–H groups in total. The summed E-state index contributed by atoms with van der Waals surface area (Å²) >= 11 is 0. The summed E-state index contributed by atoms with van der Waals surface area (Å²) in [5.41, 5.74) is -0.611. The summed E-state index contributed by atoms with van der Waals surface area (Å²) in [6.45, 7) is 9.24. The van der Waals surface area contributed by atoms with Gasteiger partial charge in [0.2, 0.25) is 0 Å². The summed E-state index contributed by atoms with van der Waals surface area (Å²) in [7, 11) is 0. The van der Waals surface area contributed by atoms with Crippen molar-refractivity contribution < 1.29 is 19.4 Å². The van der Waals surface area contributed by atoms with Crippen molar-refractivity contribution in [3.05, 3.63) is 0 Å². The van der Waals surface area contributed by atoms with Crippen LogP contribution in [0.5, 0.6) is 0 Å². The maximum absolute atomic E-state index is 12.1. The molecule has 3 unspecified atom stereocenters. The molecule has 1 aliphatic rings. The summed E-state index contributed by atoms with van der Waals surface area (Å²) in [6.07, 6.45) is 0.770. The predicted octanol–water partition coefficient (Wildman–Crippen LogP) is 2.50. The van der Waals surface area contributed by atoms with E-state index < -0.39 is 23.7 Å². The van der Waals surface area contributed by atoms with Crippen LogP contribution in [0, 0.1) is 5.92 Å². The van der Waals surface area contributed by atoms with Gasteiger partial charge in [-0.05, 0) is 46.5 Å². The lowest BCUT2D eigenvalue weighted by molar-refractivity contribution is -0.146. The summed E-state index contributed by atoms with van der Waals surface area (Å²) in [6, 6.07) is -0.888. The second kappa shape index (κ2) is 5.16. The van der Waals surface area contributed by atoms with E-state index in [2.05, 4.69) is 0 Å². The van der Waals surface area contributed by atoms with E-state index >= 15 is 0 Å². The van der Waals surface area contributed by atoms with Gasteiger partial charge in [0.25, 0.3) is 0 Å². The Morgan fingerprint density at radius 1 is 1.22 bits per heavy atom. The first-order valence-electron chi connectivity index (χ1n) is 6.37. The first-order valence-corrected chi connectivity index (χ1v) is 6.37. The number of amides is 1. The quantitative estimate of drug-likeness (QED) is 0.783.